The third kappa shape index (κ3) is 6.33. The van der Waals surface area contributed by atoms with E-state index in [1.165, 1.54) is 6.07 Å². The minimum atomic E-state index is -0.284. The van der Waals surface area contributed by atoms with Crippen molar-refractivity contribution in [3.05, 3.63) is 76.6 Å². The molecule has 0 saturated heterocycles. The van der Waals surface area contributed by atoms with Gasteiger partial charge in [-0.25, -0.2) is 4.39 Å². The first-order valence-corrected chi connectivity index (χ1v) is 8.80. The number of halogens is 1. The van der Waals surface area contributed by atoms with Crippen molar-refractivity contribution in [2.75, 3.05) is 0 Å². The summed E-state index contributed by atoms with van der Waals surface area (Å²) in [6.45, 7) is 4.23. The Morgan fingerprint density at radius 1 is 0.880 bits per heavy atom. The van der Waals surface area contributed by atoms with Gasteiger partial charge in [0.25, 0.3) is 0 Å². The molecule has 0 bridgehead atoms. The van der Waals surface area contributed by atoms with Gasteiger partial charge in [0.05, 0.1) is 5.56 Å². The molecule has 0 amide bonds. The Hall–Kier alpha value is -2.77. The van der Waals surface area contributed by atoms with Crippen LogP contribution in [0.1, 0.15) is 61.8 Å². The molecule has 0 heterocycles. The van der Waals surface area contributed by atoms with Gasteiger partial charge >= 0.3 is 0 Å². The van der Waals surface area contributed by atoms with Crippen LogP contribution >= 0.6 is 0 Å². The summed E-state index contributed by atoms with van der Waals surface area (Å²) < 4.78 is 14.1. The van der Waals surface area contributed by atoms with E-state index in [9.17, 15) is 4.39 Å². The van der Waals surface area contributed by atoms with Crippen molar-refractivity contribution in [1.29, 1.82) is 0 Å². The Kier molecular flexibility index (Phi) is 7.55. The average molecular weight is 330 g/mol. The Bertz CT molecular complexity index is 834. The Morgan fingerprint density at radius 3 is 2.24 bits per heavy atom. The summed E-state index contributed by atoms with van der Waals surface area (Å²) in [6, 6.07) is 12.9. The van der Waals surface area contributed by atoms with Gasteiger partial charge in [-0.1, -0.05) is 62.2 Å². The number of allylic oxidation sites excluding steroid dienone is 1. The molecule has 2 rings (SSSR count). The summed E-state index contributed by atoms with van der Waals surface area (Å²) in [5.74, 6) is 11.9. The van der Waals surface area contributed by atoms with Gasteiger partial charge in [0.15, 0.2) is 0 Å². The highest BCUT2D eigenvalue weighted by molar-refractivity contribution is 5.53. The van der Waals surface area contributed by atoms with Crippen molar-refractivity contribution < 1.29 is 4.39 Å². The highest BCUT2D eigenvalue weighted by atomic mass is 19.1. The van der Waals surface area contributed by atoms with Gasteiger partial charge in [0, 0.05) is 17.5 Å². The molecule has 2 aromatic rings. The van der Waals surface area contributed by atoms with Gasteiger partial charge in [-0.15, -0.1) is 0 Å². The zero-order valence-corrected chi connectivity index (χ0v) is 14.9. The highest BCUT2D eigenvalue weighted by Crippen LogP contribution is 2.12. The molecule has 0 unspecified atom stereocenters. The molecule has 2 aromatic carbocycles. The first-order chi connectivity index (χ1) is 12.2. The van der Waals surface area contributed by atoms with Crippen LogP contribution in [0.5, 0.6) is 0 Å². The van der Waals surface area contributed by atoms with Gasteiger partial charge in [-0.3, -0.25) is 0 Å². The topological polar surface area (TPSA) is 0 Å². The minimum absolute atomic E-state index is 0.284. The van der Waals surface area contributed by atoms with Gasteiger partial charge in [0.2, 0.25) is 0 Å². The molecule has 0 N–H and O–H groups in total. The fraction of sp³-hybridized carbons (Fsp3) is 0.250. The van der Waals surface area contributed by atoms with E-state index >= 15 is 0 Å². The molecular formula is C24H23F. The lowest BCUT2D eigenvalue weighted by Crippen LogP contribution is -1.85. The molecular weight excluding hydrogens is 307 g/mol. The molecule has 0 saturated carbocycles. The van der Waals surface area contributed by atoms with Crippen molar-refractivity contribution in [3.8, 4) is 23.7 Å². The number of unbranched alkanes of at least 4 members (excludes halogenated alkanes) is 2. The fourth-order valence-corrected chi connectivity index (χ4v) is 2.19. The second kappa shape index (κ2) is 10.2. The third-order valence-corrected chi connectivity index (χ3v) is 3.59. The summed E-state index contributed by atoms with van der Waals surface area (Å²) in [5.41, 5.74) is 3.12. The predicted molar refractivity (Wildman–Crippen MR) is 105 cm³/mol. The molecule has 0 spiro atoms. The molecule has 0 nitrogen and oxygen atoms in total. The van der Waals surface area contributed by atoms with Crippen LogP contribution in [0.25, 0.3) is 6.08 Å². The lowest BCUT2D eigenvalue weighted by Gasteiger charge is -1.98. The molecule has 1 heteroatoms. The molecule has 0 aliphatic heterocycles. The molecule has 0 aliphatic carbocycles. The second-order valence-corrected chi connectivity index (χ2v) is 5.81. The Labute approximate surface area is 150 Å². The predicted octanol–water partition coefficient (Wildman–Crippen LogP) is 6.19. The zero-order chi connectivity index (χ0) is 17.9. The van der Waals surface area contributed by atoms with Gasteiger partial charge in [-0.2, -0.15) is 0 Å². The molecule has 0 fully saturated rings. The largest absolute Gasteiger partial charge is 0.206 e. The van der Waals surface area contributed by atoms with Crippen LogP contribution in [-0.2, 0) is 0 Å². The summed E-state index contributed by atoms with van der Waals surface area (Å²) in [5, 5.41) is 0. The monoisotopic (exact) mass is 330 g/mol. The summed E-state index contributed by atoms with van der Waals surface area (Å²) in [4.78, 5) is 0. The van der Waals surface area contributed by atoms with E-state index in [2.05, 4.69) is 43.6 Å². The average Bonchev–Trinajstić information content (AvgIpc) is 2.62. The summed E-state index contributed by atoms with van der Waals surface area (Å²) >= 11 is 0. The SMILES string of the molecule is CCCC#Cc1ccc(C#Cc2ccc(/C=C/CCC)cc2F)cc1. The van der Waals surface area contributed by atoms with Crippen LogP contribution in [0, 0.1) is 29.5 Å². The molecule has 0 aromatic heterocycles. The van der Waals surface area contributed by atoms with E-state index in [-0.39, 0.29) is 5.82 Å². The van der Waals surface area contributed by atoms with Crippen LogP contribution in [0.15, 0.2) is 48.5 Å². The molecule has 25 heavy (non-hydrogen) atoms. The van der Waals surface area contributed by atoms with Crippen molar-refractivity contribution in [2.24, 2.45) is 0 Å². The quantitative estimate of drug-likeness (QED) is 0.586. The maximum Gasteiger partial charge on any atom is 0.139 e. The first kappa shape index (κ1) is 18.6. The van der Waals surface area contributed by atoms with Gasteiger partial charge < -0.3 is 0 Å². The normalized spacial score (nSPS) is 10.0. The van der Waals surface area contributed by atoms with Crippen molar-refractivity contribution in [2.45, 2.75) is 39.5 Å². The Balaban J connectivity index is 2.09. The van der Waals surface area contributed by atoms with Crippen LogP contribution in [-0.4, -0.2) is 0 Å². The minimum Gasteiger partial charge on any atom is -0.206 e. The molecule has 0 aliphatic rings. The van der Waals surface area contributed by atoms with E-state index in [1.54, 1.807) is 6.07 Å². The van der Waals surface area contributed by atoms with Crippen LogP contribution < -0.4 is 0 Å². The number of benzene rings is 2. The molecule has 0 atom stereocenters. The van der Waals surface area contributed by atoms with Crippen LogP contribution in [0.3, 0.4) is 0 Å². The second-order valence-electron chi connectivity index (χ2n) is 5.81. The third-order valence-electron chi connectivity index (χ3n) is 3.59. The smallest absolute Gasteiger partial charge is 0.139 e. The maximum atomic E-state index is 14.1. The standard InChI is InChI=1S/C24H23F/c1-3-5-7-9-20-11-13-21(14-12-20)15-17-23-18-16-22(19-24(23)25)10-8-6-4-2/h8,10-14,16,18-19H,3-6H2,1-2H3/b10-8+. The van der Waals surface area contributed by atoms with Crippen molar-refractivity contribution in [1.82, 2.24) is 0 Å². The molecule has 0 radical (unpaired) electrons. The van der Waals surface area contributed by atoms with Gasteiger partial charge in [0.1, 0.15) is 5.82 Å². The number of hydrogen-bond acceptors (Lipinski definition) is 0. The van der Waals surface area contributed by atoms with E-state index in [0.717, 1.165) is 42.4 Å². The van der Waals surface area contributed by atoms with E-state index in [1.807, 2.05) is 36.4 Å². The fourth-order valence-electron chi connectivity index (χ4n) is 2.19. The van der Waals surface area contributed by atoms with Crippen molar-refractivity contribution in [3.63, 3.8) is 0 Å². The lowest BCUT2D eigenvalue weighted by atomic mass is 10.1. The van der Waals surface area contributed by atoms with Crippen LogP contribution in [0.4, 0.5) is 4.39 Å². The highest BCUT2D eigenvalue weighted by Gasteiger charge is 1.99. The summed E-state index contributed by atoms with van der Waals surface area (Å²) in [6.07, 6.45) is 8.07. The summed E-state index contributed by atoms with van der Waals surface area (Å²) in [7, 11) is 0. The van der Waals surface area contributed by atoms with E-state index in [4.69, 9.17) is 0 Å². The first-order valence-electron chi connectivity index (χ1n) is 8.80. The lowest BCUT2D eigenvalue weighted by molar-refractivity contribution is 0.624. The van der Waals surface area contributed by atoms with E-state index < -0.39 is 0 Å². The zero-order valence-electron chi connectivity index (χ0n) is 14.9. The number of hydrogen-bond donors (Lipinski definition) is 0. The van der Waals surface area contributed by atoms with Crippen LogP contribution in [0.2, 0.25) is 0 Å². The van der Waals surface area contributed by atoms with E-state index in [0.29, 0.717) is 5.56 Å². The molecule has 126 valence electrons. The van der Waals surface area contributed by atoms with Gasteiger partial charge in [-0.05, 0) is 54.8 Å². The maximum absolute atomic E-state index is 14.1. The van der Waals surface area contributed by atoms with Crippen molar-refractivity contribution >= 4 is 6.08 Å². The number of rotatable bonds is 4. The Morgan fingerprint density at radius 2 is 1.60 bits per heavy atom.